The van der Waals surface area contributed by atoms with Gasteiger partial charge in [0.15, 0.2) is 0 Å². The van der Waals surface area contributed by atoms with E-state index in [0.717, 1.165) is 57.7 Å². The first-order valence-electron chi connectivity index (χ1n) is 7.26. The number of aromatic nitrogens is 1. The molecule has 5 heteroatoms. The topological polar surface area (TPSA) is 52.4 Å². The third kappa shape index (κ3) is 3.09. The molecule has 0 aromatic carbocycles. The second kappa shape index (κ2) is 6.21. The van der Waals surface area contributed by atoms with E-state index in [0.29, 0.717) is 5.56 Å². The maximum absolute atomic E-state index is 8.79. The molecule has 0 radical (unpaired) electrons. The molecule has 5 nitrogen and oxygen atoms in total. The van der Waals surface area contributed by atoms with E-state index in [4.69, 9.17) is 10.00 Å². The van der Waals surface area contributed by atoms with Crippen LogP contribution < -0.4 is 4.90 Å². The van der Waals surface area contributed by atoms with Crippen molar-refractivity contribution in [2.24, 2.45) is 5.92 Å². The quantitative estimate of drug-likeness (QED) is 0.825. The molecule has 2 saturated heterocycles. The summed E-state index contributed by atoms with van der Waals surface area (Å²) in [5.41, 5.74) is 0.619. The van der Waals surface area contributed by atoms with Gasteiger partial charge in [0, 0.05) is 45.5 Å². The highest BCUT2D eigenvalue weighted by molar-refractivity contribution is 5.42. The number of ether oxygens (including phenoxy) is 1. The Hall–Kier alpha value is -1.64. The van der Waals surface area contributed by atoms with Gasteiger partial charge in [-0.2, -0.15) is 5.26 Å². The van der Waals surface area contributed by atoms with E-state index >= 15 is 0 Å². The second-order valence-corrected chi connectivity index (χ2v) is 5.53. The Morgan fingerprint density at radius 2 is 2.15 bits per heavy atom. The van der Waals surface area contributed by atoms with Crippen LogP contribution in [0.3, 0.4) is 0 Å². The van der Waals surface area contributed by atoms with Crippen LogP contribution in [-0.2, 0) is 4.74 Å². The molecule has 2 aliphatic heterocycles. The number of anilines is 1. The summed E-state index contributed by atoms with van der Waals surface area (Å²) in [5, 5.41) is 8.79. The molecule has 1 aromatic heterocycles. The van der Waals surface area contributed by atoms with Crippen molar-refractivity contribution in [1.82, 2.24) is 9.88 Å². The molecule has 1 atom stereocenters. The van der Waals surface area contributed by atoms with Crippen LogP contribution >= 0.6 is 0 Å². The molecule has 20 heavy (non-hydrogen) atoms. The molecular weight excluding hydrogens is 252 g/mol. The van der Waals surface area contributed by atoms with Crippen LogP contribution in [0.5, 0.6) is 0 Å². The summed E-state index contributed by atoms with van der Waals surface area (Å²) in [5.74, 6) is 1.70. The van der Waals surface area contributed by atoms with Crippen molar-refractivity contribution in [2.75, 3.05) is 50.8 Å². The van der Waals surface area contributed by atoms with E-state index in [9.17, 15) is 0 Å². The largest absolute Gasteiger partial charge is 0.381 e. The highest BCUT2D eigenvalue weighted by Gasteiger charge is 2.23. The molecule has 0 saturated carbocycles. The lowest BCUT2D eigenvalue weighted by Gasteiger charge is -2.36. The van der Waals surface area contributed by atoms with Gasteiger partial charge in [-0.15, -0.1) is 0 Å². The summed E-state index contributed by atoms with van der Waals surface area (Å²) >= 11 is 0. The molecule has 106 valence electrons. The van der Waals surface area contributed by atoms with Crippen molar-refractivity contribution in [3.8, 4) is 6.07 Å². The van der Waals surface area contributed by atoms with Gasteiger partial charge < -0.3 is 9.64 Å². The number of piperazine rings is 1. The van der Waals surface area contributed by atoms with Crippen molar-refractivity contribution in [3.05, 3.63) is 23.9 Å². The molecule has 1 aromatic rings. The van der Waals surface area contributed by atoms with Crippen LogP contribution in [0.4, 0.5) is 5.82 Å². The zero-order valence-electron chi connectivity index (χ0n) is 11.7. The van der Waals surface area contributed by atoms with E-state index in [1.54, 1.807) is 6.20 Å². The van der Waals surface area contributed by atoms with Crippen molar-refractivity contribution in [2.45, 2.75) is 6.42 Å². The first kappa shape index (κ1) is 13.3. The number of nitriles is 1. The Balaban J connectivity index is 1.51. The lowest BCUT2D eigenvalue weighted by atomic mass is 10.1. The molecule has 0 unspecified atom stereocenters. The van der Waals surface area contributed by atoms with Crippen molar-refractivity contribution in [1.29, 1.82) is 5.26 Å². The van der Waals surface area contributed by atoms with Gasteiger partial charge in [0.25, 0.3) is 0 Å². The number of hydrogen-bond acceptors (Lipinski definition) is 5. The Labute approximate surface area is 119 Å². The fourth-order valence-corrected chi connectivity index (χ4v) is 2.89. The van der Waals surface area contributed by atoms with E-state index in [1.165, 1.54) is 6.42 Å². The van der Waals surface area contributed by atoms with E-state index in [2.05, 4.69) is 20.9 Å². The van der Waals surface area contributed by atoms with Gasteiger partial charge in [-0.05, 0) is 24.5 Å². The molecule has 0 N–H and O–H groups in total. The van der Waals surface area contributed by atoms with E-state index in [-0.39, 0.29) is 0 Å². The van der Waals surface area contributed by atoms with Crippen LogP contribution in [0, 0.1) is 17.2 Å². The van der Waals surface area contributed by atoms with Gasteiger partial charge in [-0.1, -0.05) is 0 Å². The zero-order valence-corrected chi connectivity index (χ0v) is 11.7. The Kier molecular flexibility index (Phi) is 4.14. The zero-order chi connectivity index (χ0) is 13.8. The standard InChI is InChI=1S/C15H20N4O/c16-9-13-1-2-15(17-10-13)19-6-4-18(5-7-19)11-14-3-8-20-12-14/h1-2,10,14H,3-8,11-12H2/t14-/m1/s1. The third-order valence-corrected chi connectivity index (χ3v) is 4.11. The molecule has 0 spiro atoms. The smallest absolute Gasteiger partial charge is 0.128 e. The number of pyridine rings is 1. The predicted octanol–water partition coefficient (Wildman–Crippen LogP) is 1.11. The summed E-state index contributed by atoms with van der Waals surface area (Å²) in [4.78, 5) is 9.19. The van der Waals surface area contributed by atoms with E-state index in [1.807, 2.05) is 12.1 Å². The second-order valence-electron chi connectivity index (χ2n) is 5.53. The van der Waals surface area contributed by atoms with Gasteiger partial charge >= 0.3 is 0 Å². The third-order valence-electron chi connectivity index (χ3n) is 4.11. The lowest BCUT2D eigenvalue weighted by Crippen LogP contribution is -2.48. The van der Waals surface area contributed by atoms with Crippen LogP contribution in [0.25, 0.3) is 0 Å². The SMILES string of the molecule is N#Cc1ccc(N2CCN(C[C@H]3CCOC3)CC2)nc1. The predicted molar refractivity (Wildman–Crippen MR) is 76.5 cm³/mol. The fraction of sp³-hybridized carbons (Fsp3) is 0.600. The summed E-state index contributed by atoms with van der Waals surface area (Å²) < 4.78 is 5.44. The normalized spacial score (nSPS) is 23.8. The molecule has 0 amide bonds. The Morgan fingerprint density at radius 3 is 2.75 bits per heavy atom. The molecule has 3 rings (SSSR count). The van der Waals surface area contributed by atoms with Gasteiger partial charge in [0.1, 0.15) is 11.9 Å². The molecule has 0 bridgehead atoms. The number of hydrogen-bond donors (Lipinski definition) is 0. The first-order chi connectivity index (χ1) is 9.85. The van der Waals surface area contributed by atoms with Crippen molar-refractivity contribution in [3.63, 3.8) is 0 Å². The molecule has 2 fully saturated rings. The summed E-state index contributed by atoms with van der Waals surface area (Å²) in [6.07, 6.45) is 2.86. The summed E-state index contributed by atoms with van der Waals surface area (Å²) in [6.45, 7) is 7.20. The van der Waals surface area contributed by atoms with Gasteiger partial charge in [0.2, 0.25) is 0 Å². The minimum absolute atomic E-state index is 0.619. The average molecular weight is 272 g/mol. The minimum Gasteiger partial charge on any atom is -0.381 e. The molecule has 3 heterocycles. The van der Waals surface area contributed by atoms with Crippen LogP contribution in [0.1, 0.15) is 12.0 Å². The van der Waals surface area contributed by atoms with Crippen LogP contribution in [0.15, 0.2) is 18.3 Å². The highest BCUT2D eigenvalue weighted by Crippen LogP contribution is 2.17. The van der Waals surface area contributed by atoms with Crippen LogP contribution in [0.2, 0.25) is 0 Å². The van der Waals surface area contributed by atoms with Crippen LogP contribution in [-0.4, -0.2) is 55.8 Å². The maximum Gasteiger partial charge on any atom is 0.128 e. The monoisotopic (exact) mass is 272 g/mol. The minimum atomic E-state index is 0.619. The highest BCUT2D eigenvalue weighted by atomic mass is 16.5. The maximum atomic E-state index is 8.79. The van der Waals surface area contributed by atoms with Crippen molar-refractivity contribution >= 4 is 5.82 Å². The average Bonchev–Trinajstić information content (AvgIpc) is 3.01. The number of nitrogens with zero attached hydrogens (tertiary/aromatic N) is 4. The first-order valence-corrected chi connectivity index (χ1v) is 7.26. The lowest BCUT2D eigenvalue weighted by molar-refractivity contribution is 0.164. The van der Waals surface area contributed by atoms with Gasteiger partial charge in [0.05, 0.1) is 12.2 Å². The summed E-state index contributed by atoms with van der Waals surface area (Å²) in [7, 11) is 0. The Morgan fingerprint density at radius 1 is 1.30 bits per heavy atom. The number of rotatable bonds is 3. The van der Waals surface area contributed by atoms with Crippen molar-refractivity contribution < 1.29 is 4.74 Å². The molecule has 2 aliphatic rings. The van der Waals surface area contributed by atoms with E-state index < -0.39 is 0 Å². The molecular formula is C15H20N4O. The van der Waals surface area contributed by atoms with Gasteiger partial charge in [-0.25, -0.2) is 4.98 Å². The summed E-state index contributed by atoms with van der Waals surface area (Å²) in [6, 6.07) is 5.88. The Bertz CT molecular complexity index is 468. The molecule has 0 aliphatic carbocycles. The van der Waals surface area contributed by atoms with Gasteiger partial charge in [-0.3, -0.25) is 4.90 Å². The fourth-order valence-electron chi connectivity index (χ4n) is 2.89.